The summed E-state index contributed by atoms with van der Waals surface area (Å²) < 4.78 is 64.8. The number of sulfone groups is 1. The van der Waals surface area contributed by atoms with Crippen LogP contribution in [0.15, 0.2) is 23.2 Å². The first-order valence-corrected chi connectivity index (χ1v) is 10.7. The zero-order chi connectivity index (χ0) is 21.6. The fraction of sp³-hybridized carbons (Fsp3) is 0.556. The quantitative estimate of drug-likeness (QED) is 0.753. The number of anilines is 1. The smallest absolute Gasteiger partial charge is 0.315 e. The first-order valence-electron chi connectivity index (χ1n) is 9.06. The Morgan fingerprint density at radius 1 is 1.31 bits per heavy atom. The molecule has 7 nitrogen and oxygen atoms in total. The van der Waals surface area contributed by atoms with E-state index in [2.05, 4.69) is 4.99 Å². The lowest BCUT2D eigenvalue weighted by Crippen LogP contribution is -2.62. The van der Waals surface area contributed by atoms with Crippen LogP contribution in [-0.4, -0.2) is 62.1 Å². The van der Waals surface area contributed by atoms with Gasteiger partial charge in [-0.1, -0.05) is 0 Å². The SMILES string of the molecule is CN1CCC2(CC1)C(N)=N[C@](C)(c1cc(NC(=O)C(F)F)ccc1F)CS2(=O)=O. The van der Waals surface area contributed by atoms with Crippen molar-refractivity contribution in [3.8, 4) is 0 Å². The molecule has 0 radical (unpaired) electrons. The Morgan fingerprint density at radius 3 is 2.48 bits per heavy atom. The number of amidine groups is 1. The molecule has 1 atom stereocenters. The first-order chi connectivity index (χ1) is 13.4. The largest absolute Gasteiger partial charge is 0.386 e. The molecule has 29 heavy (non-hydrogen) atoms. The Hall–Kier alpha value is -2.14. The van der Waals surface area contributed by atoms with Crippen LogP contribution in [0.2, 0.25) is 0 Å². The second-order valence-corrected chi connectivity index (χ2v) is 10.1. The molecule has 3 N–H and O–H groups in total. The van der Waals surface area contributed by atoms with Crippen LogP contribution in [0.5, 0.6) is 0 Å². The van der Waals surface area contributed by atoms with Crippen LogP contribution in [-0.2, 0) is 20.2 Å². The molecule has 0 bridgehead atoms. The van der Waals surface area contributed by atoms with Gasteiger partial charge in [0.2, 0.25) is 0 Å². The van der Waals surface area contributed by atoms with Crippen molar-refractivity contribution in [1.82, 2.24) is 4.90 Å². The number of hydrogen-bond donors (Lipinski definition) is 2. The van der Waals surface area contributed by atoms with Crippen molar-refractivity contribution < 1.29 is 26.4 Å². The predicted molar refractivity (Wildman–Crippen MR) is 103 cm³/mol. The van der Waals surface area contributed by atoms with Gasteiger partial charge >= 0.3 is 6.43 Å². The molecule has 0 unspecified atom stereocenters. The molecule has 11 heteroatoms. The molecule has 1 aromatic rings. The Kier molecular flexibility index (Phi) is 5.41. The lowest BCUT2D eigenvalue weighted by atomic mass is 9.90. The molecule has 2 aliphatic heterocycles. The molecule has 1 aromatic carbocycles. The fourth-order valence-electron chi connectivity index (χ4n) is 3.96. The number of rotatable bonds is 3. The van der Waals surface area contributed by atoms with Crippen LogP contribution in [0.3, 0.4) is 0 Å². The summed E-state index contributed by atoms with van der Waals surface area (Å²) in [6.45, 7) is 2.50. The van der Waals surface area contributed by atoms with Gasteiger partial charge in [-0.15, -0.1) is 0 Å². The van der Waals surface area contributed by atoms with Gasteiger partial charge in [-0.3, -0.25) is 9.79 Å². The predicted octanol–water partition coefficient (Wildman–Crippen LogP) is 1.49. The van der Waals surface area contributed by atoms with E-state index in [4.69, 9.17) is 5.73 Å². The normalized spacial score (nSPS) is 26.3. The maximum absolute atomic E-state index is 14.6. The molecule has 2 aliphatic rings. The number of nitrogens with one attached hydrogen (secondary N) is 1. The highest BCUT2D eigenvalue weighted by Gasteiger charge is 2.55. The van der Waals surface area contributed by atoms with E-state index in [0.29, 0.717) is 25.9 Å². The van der Waals surface area contributed by atoms with Crippen molar-refractivity contribution in [1.29, 1.82) is 0 Å². The zero-order valence-corrected chi connectivity index (χ0v) is 16.9. The Labute approximate surface area is 167 Å². The number of aliphatic imine (C=N–C) groups is 1. The lowest BCUT2D eigenvalue weighted by molar-refractivity contribution is -0.126. The fourth-order valence-corrected chi connectivity index (χ4v) is 6.37. The first kappa shape index (κ1) is 21.6. The number of benzene rings is 1. The topological polar surface area (TPSA) is 105 Å². The maximum atomic E-state index is 14.6. The Morgan fingerprint density at radius 2 is 1.93 bits per heavy atom. The highest BCUT2D eigenvalue weighted by Crippen LogP contribution is 2.42. The van der Waals surface area contributed by atoms with Gasteiger partial charge in [-0.2, -0.15) is 8.78 Å². The van der Waals surface area contributed by atoms with E-state index in [9.17, 15) is 26.4 Å². The van der Waals surface area contributed by atoms with Crippen LogP contribution in [0.25, 0.3) is 0 Å². The summed E-state index contributed by atoms with van der Waals surface area (Å²) in [7, 11) is -1.91. The second-order valence-electron chi connectivity index (χ2n) is 7.81. The van der Waals surface area contributed by atoms with Gasteiger partial charge in [-0.25, -0.2) is 12.8 Å². The van der Waals surface area contributed by atoms with Gasteiger partial charge in [0, 0.05) is 11.3 Å². The van der Waals surface area contributed by atoms with Crippen LogP contribution in [0.1, 0.15) is 25.3 Å². The minimum Gasteiger partial charge on any atom is -0.386 e. The lowest BCUT2D eigenvalue weighted by Gasteiger charge is -2.45. The molecular weight excluding hydrogens is 409 g/mol. The van der Waals surface area contributed by atoms with Gasteiger partial charge in [0.1, 0.15) is 21.9 Å². The molecule has 1 saturated heterocycles. The van der Waals surface area contributed by atoms with E-state index >= 15 is 0 Å². The summed E-state index contributed by atoms with van der Waals surface area (Å²) in [6.07, 6.45) is -2.65. The molecular formula is C18H23F3N4O3S. The number of nitrogens with two attached hydrogens (primary N) is 1. The summed E-state index contributed by atoms with van der Waals surface area (Å²) >= 11 is 0. The molecule has 0 saturated carbocycles. The van der Waals surface area contributed by atoms with Gasteiger partial charge in [0.25, 0.3) is 5.91 Å². The van der Waals surface area contributed by atoms with Gasteiger partial charge in [0.05, 0.1) is 5.75 Å². The van der Waals surface area contributed by atoms with E-state index in [1.165, 1.54) is 6.92 Å². The van der Waals surface area contributed by atoms with Crippen molar-refractivity contribution in [3.63, 3.8) is 0 Å². The van der Waals surface area contributed by atoms with Crippen molar-refractivity contribution in [2.75, 3.05) is 31.2 Å². The van der Waals surface area contributed by atoms with Crippen LogP contribution in [0.4, 0.5) is 18.9 Å². The van der Waals surface area contributed by atoms with Gasteiger partial charge in [0.15, 0.2) is 9.84 Å². The molecule has 3 rings (SSSR count). The minimum atomic E-state index is -3.80. The van der Waals surface area contributed by atoms with E-state index in [-0.39, 0.29) is 17.1 Å². The van der Waals surface area contributed by atoms with Crippen molar-refractivity contribution >= 4 is 27.3 Å². The van der Waals surface area contributed by atoms with Crippen LogP contribution < -0.4 is 11.1 Å². The average molecular weight is 432 g/mol. The average Bonchev–Trinajstić information content (AvgIpc) is 2.62. The van der Waals surface area contributed by atoms with Crippen LogP contribution in [0, 0.1) is 5.82 Å². The van der Waals surface area contributed by atoms with E-state index < -0.39 is 44.0 Å². The highest BCUT2D eigenvalue weighted by molar-refractivity contribution is 7.93. The zero-order valence-electron chi connectivity index (χ0n) is 16.1. The molecule has 0 aliphatic carbocycles. The van der Waals surface area contributed by atoms with Crippen molar-refractivity contribution in [3.05, 3.63) is 29.6 Å². The summed E-state index contributed by atoms with van der Waals surface area (Å²) in [5, 5.41) is 1.97. The van der Waals surface area contributed by atoms with E-state index in [0.717, 1.165) is 18.2 Å². The minimum absolute atomic E-state index is 0.0687. The third-order valence-corrected chi connectivity index (χ3v) is 8.46. The number of hydrogen-bond acceptors (Lipinski definition) is 6. The molecule has 1 amide bonds. The van der Waals surface area contributed by atoms with Crippen molar-refractivity contribution in [2.45, 2.75) is 36.5 Å². The molecule has 2 heterocycles. The number of likely N-dealkylation sites (tertiary alicyclic amines) is 1. The number of piperidine rings is 1. The Bertz CT molecular complexity index is 959. The van der Waals surface area contributed by atoms with E-state index in [1.807, 2.05) is 17.3 Å². The third kappa shape index (κ3) is 3.73. The number of amides is 1. The molecule has 1 spiro atoms. The third-order valence-electron chi connectivity index (χ3n) is 5.71. The summed E-state index contributed by atoms with van der Waals surface area (Å²) in [5.74, 6) is -2.86. The number of carbonyl (C=O) groups excluding carboxylic acids is 1. The number of carbonyl (C=O) groups is 1. The summed E-state index contributed by atoms with van der Waals surface area (Å²) in [6, 6.07) is 3.21. The van der Waals surface area contributed by atoms with Gasteiger partial charge < -0.3 is 16.0 Å². The molecule has 1 fully saturated rings. The van der Waals surface area contributed by atoms with Gasteiger partial charge in [-0.05, 0) is 58.1 Å². The maximum Gasteiger partial charge on any atom is 0.315 e. The number of alkyl halides is 2. The molecule has 160 valence electrons. The van der Waals surface area contributed by atoms with E-state index in [1.54, 1.807) is 0 Å². The van der Waals surface area contributed by atoms with Crippen molar-refractivity contribution in [2.24, 2.45) is 10.7 Å². The monoisotopic (exact) mass is 432 g/mol. The van der Waals surface area contributed by atoms with Crippen LogP contribution >= 0.6 is 0 Å². The Balaban J connectivity index is 2.03. The summed E-state index contributed by atoms with van der Waals surface area (Å²) in [4.78, 5) is 17.6. The second kappa shape index (κ2) is 7.28. The number of nitrogens with zero attached hydrogens (tertiary/aromatic N) is 2. The highest BCUT2D eigenvalue weighted by atomic mass is 32.2. The number of halogens is 3. The standard InChI is InChI=1S/C18H23F3N4O3S/c1-17(12-9-11(3-4-13(12)19)23-15(26)14(20)21)10-29(27,28)18(16(22)24-17)5-7-25(2)8-6-18/h3-4,9,14H,5-8,10H2,1-2H3,(H2,22,24)(H,23,26)/t17-/m0/s1. The summed E-state index contributed by atoms with van der Waals surface area (Å²) in [5.41, 5.74) is 4.38. The molecule has 0 aromatic heterocycles.